The van der Waals surface area contributed by atoms with Crippen LogP contribution in [-0.2, 0) is 38.0 Å². The maximum absolute atomic E-state index is 11.8. The SMILES string of the molecule is O=C(O)CC(=O)OC[C@H]1O[C@@H](OC2CC(O)CC3OC(C4CC(O)C(O)C(O)C4)C(O[C@@H]4O[C@H](CO)[C@@H](O)[C@H](O)[C@H]4O)CC32)[C@H](O)[C@@H](O)[C@@H]1O. The summed E-state index contributed by atoms with van der Waals surface area (Å²) in [4.78, 5) is 22.6. The molecule has 5 rings (SSSR count). The Balaban J connectivity index is 1.36. The largest absolute Gasteiger partial charge is 0.481 e. The average Bonchev–Trinajstić information content (AvgIpc) is 3.06. The second-order valence-electron chi connectivity index (χ2n) is 13.8. The third-order valence-electron chi connectivity index (χ3n) is 10.3. The van der Waals surface area contributed by atoms with Gasteiger partial charge >= 0.3 is 11.9 Å². The molecule has 0 aromatic carbocycles. The number of aliphatic hydroxyl groups excluding tert-OH is 11. The molecule has 0 amide bonds. The third kappa shape index (κ3) is 8.57. The molecule has 5 aliphatic rings. The van der Waals surface area contributed by atoms with Crippen LogP contribution in [-0.4, -0.2) is 197 Å². The Hall–Kier alpha value is -1.70. The van der Waals surface area contributed by atoms with Crippen LogP contribution in [0, 0.1) is 11.8 Å². The van der Waals surface area contributed by atoms with Crippen molar-refractivity contribution in [3.8, 4) is 0 Å². The fraction of sp³-hybridized carbons (Fsp3) is 0.933. The number of rotatable bonds is 10. The highest BCUT2D eigenvalue weighted by atomic mass is 16.7. The molecule has 0 bridgehead atoms. The number of fused-ring (bicyclic) bond motifs is 1. The Morgan fingerprint density at radius 1 is 0.620 bits per heavy atom. The number of esters is 1. The van der Waals surface area contributed by atoms with Crippen molar-refractivity contribution in [1.29, 1.82) is 0 Å². The van der Waals surface area contributed by atoms with Gasteiger partial charge in [0.1, 0.15) is 68.0 Å². The molecular weight excluding hydrogens is 680 g/mol. The molecule has 3 aliphatic heterocycles. The Bertz CT molecular complexity index is 1130. The number of hydrogen-bond acceptors (Lipinski definition) is 19. The van der Waals surface area contributed by atoms with E-state index in [0.29, 0.717) is 0 Å². The molecule has 20 heteroatoms. The van der Waals surface area contributed by atoms with E-state index in [0.717, 1.165) is 0 Å². The molecule has 0 radical (unpaired) electrons. The van der Waals surface area contributed by atoms with Gasteiger partial charge in [0.05, 0.1) is 49.3 Å². The summed E-state index contributed by atoms with van der Waals surface area (Å²) in [6.45, 7) is -1.42. The molecule has 5 fully saturated rings. The van der Waals surface area contributed by atoms with Crippen molar-refractivity contribution in [3.63, 3.8) is 0 Å². The maximum Gasteiger partial charge on any atom is 0.317 e. The molecule has 12 N–H and O–H groups in total. The first-order valence-electron chi connectivity index (χ1n) is 16.7. The summed E-state index contributed by atoms with van der Waals surface area (Å²) in [5.41, 5.74) is 0. The summed E-state index contributed by atoms with van der Waals surface area (Å²) in [5, 5.41) is 123. The number of ether oxygens (including phenoxy) is 6. The van der Waals surface area contributed by atoms with Gasteiger partial charge in [-0.25, -0.2) is 0 Å². The van der Waals surface area contributed by atoms with Gasteiger partial charge < -0.3 is 89.7 Å². The van der Waals surface area contributed by atoms with Crippen LogP contribution in [0.2, 0.25) is 0 Å². The number of aliphatic hydroxyl groups is 11. The number of carboxylic acids is 1. The first-order valence-corrected chi connectivity index (χ1v) is 16.7. The lowest BCUT2D eigenvalue weighted by Crippen LogP contribution is -2.63. The summed E-state index contributed by atoms with van der Waals surface area (Å²) >= 11 is 0. The van der Waals surface area contributed by atoms with E-state index >= 15 is 0 Å². The Morgan fingerprint density at radius 2 is 1.18 bits per heavy atom. The van der Waals surface area contributed by atoms with E-state index in [2.05, 4.69) is 0 Å². The number of hydrogen-bond donors (Lipinski definition) is 12. The van der Waals surface area contributed by atoms with Crippen molar-refractivity contribution in [1.82, 2.24) is 0 Å². The van der Waals surface area contributed by atoms with E-state index < -0.39 is 154 Å². The smallest absolute Gasteiger partial charge is 0.317 e. The van der Waals surface area contributed by atoms with Gasteiger partial charge in [-0.3, -0.25) is 9.59 Å². The highest BCUT2D eigenvalue weighted by molar-refractivity contribution is 5.90. The first kappa shape index (κ1) is 39.5. The van der Waals surface area contributed by atoms with Crippen LogP contribution in [0.4, 0.5) is 0 Å². The van der Waals surface area contributed by atoms with E-state index in [1.807, 2.05) is 0 Å². The minimum absolute atomic E-state index is 0.0250. The molecule has 0 spiro atoms. The number of carbonyl (C=O) groups is 2. The minimum atomic E-state index is -1.85. The van der Waals surface area contributed by atoms with Crippen molar-refractivity contribution in [2.45, 2.75) is 149 Å². The van der Waals surface area contributed by atoms with Gasteiger partial charge in [-0.05, 0) is 31.6 Å². The van der Waals surface area contributed by atoms with E-state index in [1.165, 1.54) is 0 Å². The van der Waals surface area contributed by atoms with Gasteiger partial charge in [-0.1, -0.05) is 0 Å². The lowest BCUT2D eigenvalue weighted by molar-refractivity contribution is -0.345. The van der Waals surface area contributed by atoms with E-state index in [4.69, 9.17) is 33.5 Å². The molecular formula is C30H48O20. The predicted octanol–water partition coefficient (Wildman–Crippen LogP) is -6.20. The zero-order chi connectivity index (χ0) is 36.6. The van der Waals surface area contributed by atoms with E-state index in [1.54, 1.807) is 0 Å². The van der Waals surface area contributed by atoms with Crippen molar-refractivity contribution >= 4 is 11.9 Å². The van der Waals surface area contributed by atoms with Crippen LogP contribution in [0.15, 0.2) is 0 Å². The molecule has 3 saturated heterocycles. The van der Waals surface area contributed by atoms with Gasteiger partial charge in [0, 0.05) is 12.3 Å². The molecule has 0 aromatic heterocycles. The highest BCUT2D eigenvalue weighted by Gasteiger charge is 2.54. The van der Waals surface area contributed by atoms with Crippen LogP contribution < -0.4 is 0 Å². The highest BCUT2D eigenvalue weighted by Crippen LogP contribution is 2.45. The van der Waals surface area contributed by atoms with Crippen LogP contribution >= 0.6 is 0 Å². The van der Waals surface area contributed by atoms with Gasteiger partial charge in [-0.15, -0.1) is 0 Å². The molecule has 20 nitrogen and oxygen atoms in total. The summed E-state index contributed by atoms with van der Waals surface area (Å²) < 4.78 is 34.8. The molecule has 3 heterocycles. The van der Waals surface area contributed by atoms with Gasteiger partial charge in [0.25, 0.3) is 0 Å². The van der Waals surface area contributed by atoms with Crippen molar-refractivity contribution in [2.75, 3.05) is 13.2 Å². The van der Waals surface area contributed by atoms with Gasteiger partial charge in [-0.2, -0.15) is 0 Å². The standard InChI is InChI=1S/C30H48O20/c31-7-17-22(39)24(41)26(43)30(49-17)48-16-5-11-14(46-28(16)9-1-12(33)21(38)13(34)2-9)3-10(32)4-15(11)47-29-27(44)25(42)23(40)18(50-29)8-45-20(37)6-19(35)36/h9-18,21-34,38-44H,1-8H2,(H,35,36)/t9?,10?,11?,12?,13?,14?,15?,16?,17-,18-,21?,22-,23-,24+,25+,26-,27-,28?,29-,30-/m1/s1. The minimum Gasteiger partial charge on any atom is -0.481 e. The Morgan fingerprint density at radius 3 is 1.76 bits per heavy atom. The van der Waals surface area contributed by atoms with Crippen molar-refractivity contribution in [2.24, 2.45) is 11.8 Å². The van der Waals surface area contributed by atoms with E-state index in [-0.39, 0.29) is 32.1 Å². The number of aliphatic carboxylic acids is 1. The quantitative estimate of drug-likeness (QED) is 0.0735. The van der Waals surface area contributed by atoms with Crippen LogP contribution in [0.1, 0.15) is 38.5 Å². The zero-order valence-electron chi connectivity index (χ0n) is 26.8. The predicted molar refractivity (Wildman–Crippen MR) is 156 cm³/mol. The fourth-order valence-corrected chi connectivity index (χ4v) is 7.64. The molecule has 288 valence electrons. The number of carboxylic acid groups (broad SMARTS) is 1. The maximum atomic E-state index is 11.8. The third-order valence-corrected chi connectivity index (χ3v) is 10.3. The van der Waals surface area contributed by atoms with Gasteiger partial charge in [0.2, 0.25) is 0 Å². The molecule has 18 atom stereocenters. The fourth-order valence-electron chi connectivity index (χ4n) is 7.64. The average molecular weight is 729 g/mol. The van der Waals surface area contributed by atoms with Crippen LogP contribution in [0.25, 0.3) is 0 Å². The molecule has 50 heavy (non-hydrogen) atoms. The monoisotopic (exact) mass is 728 g/mol. The lowest BCUT2D eigenvalue weighted by Gasteiger charge is -2.52. The van der Waals surface area contributed by atoms with Crippen molar-refractivity contribution in [3.05, 3.63) is 0 Å². The summed E-state index contributed by atoms with van der Waals surface area (Å²) in [6.07, 6.45) is -26.5. The Labute approximate surface area is 285 Å². The zero-order valence-corrected chi connectivity index (χ0v) is 26.8. The summed E-state index contributed by atoms with van der Waals surface area (Å²) in [7, 11) is 0. The topological polar surface area (TPSA) is 332 Å². The van der Waals surface area contributed by atoms with Gasteiger partial charge in [0.15, 0.2) is 12.6 Å². The van der Waals surface area contributed by atoms with Crippen LogP contribution in [0.5, 0.6) is 0 Å². The van der Waals surface area contributed by atoms with Crippen molar-refractivity contribution < 1.29 is 99.3 Å². The normalized spacial score (nSPS) is 49.9. The number of carbonyl (C=O) groups excluding carboxylic acids is 1. The first-order chi connectivity index (χ1) is 23.6. The Kier molecular flexibility index (Phi) is 13.1. The molecule has 2 aliphatic carbocycles. The van der Waals surface area contributed by atoms with E-state index in [9.17, 15) is 65.8 Å². The summed E-state index contributed by atoms with van der Waals surface area (Å²) in [6, 6.07) is 0. The molecule has 8 unspecified atom stereocenters. The molecule has 2 saturated carbocycles. The second kappa shape index (κ2) is 16.5. The second-order valence-corrected chi connectivity index (χ2v) is 13.8. The molecule has 0 aromatic rings. The lowest BCUT2D eigenvalue weighted by atomic mass is 9.72. The van der Waals surface area contributed by atoms with Crippen LogP contribution in [0.3, 0.4) is 0 Å². The summed E-state index contributed by atoms with van der Waals surface area (Å²) in [5.74, 6) is -3.90.